The van der Waals surface area contributed by atoms with Crippen molar-refractivity contribution < 1.29 is 9.47 Å². The Balaban J connectivity index is 1.61. The van der Waals surface area contributed by atoms with Crippen LogP contribution < -0.4 is 14.8 Å². The van der Waals surface area contributed by atoms with Gasteiger partial charge in [-0.1, -0.05) is 61.0 Å². The summed E-state index contributed by atoms with van der Waals surface area (Å²) in [4.78, 5) is 0. The lowest BCUT2D eigenvalue weighted by molar-refractivity contribution is 0.284. The first-order chi connectivity index (χ1) is 13.2. The molecule has 3 nitrogen and oxygen atoms in total. The fourth-order valence-corrected chi connectivity index (χ4v) is 4.01. The Labute approximate surface area is 172 Å². The molecule has 0 amide bonds. The molecule has 3 rings (SSSR count). The molecule has 1 aliphatic rings. The van der Waals surface area contributed by atoms with Gasteiger partial charge in [-0.2, -0.15) is 0 Å². The lowest BCUT2D eigenvalue weighted by Gasteiger charge is -2.17. The maximum absolute atomic E-state index is 6.22. The van der Waals surface area contributed by atoms with Gasteiger partial charge in [0.25, 0.3) is 0 Å². The van der Waals surface area contributed by atoms with E-state index in [0.29, 0.717) is 28.4 Å². The van der Waals surface area contributed by atoms with Crippen LogP contribution in [-0.4, -0.2) is 13.2 Å². The first-order valence-electron chi connectivity index (χ1n) is 9.63. The van der Waals surface area contributed by atoms with Crippen LogP contribution in [-0.2, 0) is 13.2 Å². The summed E-state index contributed by atoms with van der Waals surface area (Å²) in [6.07, 6.45) is 7.95. The topological polar surface area (TPSA) is 30.5 Å². The van der Waals surface area contributed by atoms with E-state index >= 15 is 0 Å². The molecular formula is C22H27Cl2NO2. The molecule has 0 spiro atoms. The van der Waals surface area contributed by atoms with Crippen molar-refractivity contribution in [3.05, 3.63) is 57.6 Å². The highest BCUT2D eigenvalue weighted by molar-refractivity contribution is 6.35. The van der Waals surface area contributed by atoms with Crippen molar-refractivity contribution >= 4 is 23.2 Å². The molecule has 146 valence electrons. The monoisotopic (exact) mass is 407 g/mol. The molecule has 0 saturated heterocycles. The van der Waals surface area contributed by atoms with Gasteiger partial charge in [0.05, 0.1) is 7.11 Å². The van der Waals surface area contributed by atoms with Gasteiger partial charge in [-0.05, 0) is 42.7 Å². The van der Waals surface area contributed by atoms with Crippen molar-refractivity contribution in [1.82, 2.24) is 5.32 Å². The quantitative estimate of drug-likeness (QED) is 0.538. The normalized spacial score (nSPS) is 15.4. The van der Waals surface area contributed by atoms with Gasteiger partial charge in [0.1, 0.15) is 6.61 Å². The number of benzene rings is 2. The third kappa shape index (κ3) is 5.78. The minimum absolute atomic E-state index is 0.300. The van der Waals surface area contributed by atoms with Crippen molar-refractivity contribution in [2.75, 3.05) is 7.11 Å². The van der Waals surface area contributed by atoms with E-state index in [-0.39, 0.29) is 0 Å². The average molecular weight is 408 g/mol. The first-order valence-corrected chi connectivity index (χ1v) is 10.4. The van der Waals surface area contributed by atoms with Gasteiger partial charge in [-0.15, -0.1) is 0 Å². The Kier molecular flexibility index (Phi) is 7.69. The molecule has 0 aromatic heterocycles. The van der Waals surface area contributed by atoms with Gasteiger partial charge in [-0.3, -0.25) is 0 Å². The highest BCUT2D eigenvalue weighted by Gasteiger charge is 2.13. The predicted octanol–water partition coefficient (Wildman–Crippen LogP) is 6.39. The molecule has 5 heteroatoms. The Morgan fingerprint density at radius 2 is 1.67 bits per heavy atom. The Bertz CT molecular complexity index is 723. The molecule has 0 bridgehead atoms. The summed E-state index contributed by atoms with van der Waals surface area (Å²) in [5.74, 6) is 1.41. The maximum Gasteiger partial charge on any atom is 0.161 e. The lowest BCUT2D eigenvalue weighted by atomic mass is 10.1. The largest absolute Gasteiger partial charge is 0.493 e. The van der Waals surface area contributed by atoms with Crippen LogP contribution in [0.3, 0.4) is 0 Å². The number of halogens is 2. The fraction of sp³-hybridized carbons (Fsp3) is 0.455. The van der Waals surface area contributed by atoms with Crippen LogP contribution >= 0.6 is 23.2 Å². The summed E-state index contributed by atoms with van der Waals surface area (Å²) in [5, 5.41) is 4.90. The SMILES string of the molecule is COc1cc(CNC2CCCCCC2)ccc1OCc1c(Cl)cccc1Cl. The third-order valence-corrected chi connectivity index (χ3v) is 5.82. The van der Waals surface area contributed by atoms with Crippen molar-refractivity contribution in [2.24, 2.45) is 0 Å². The fourth-order valence-electron chi connectivity index (χ4n) is 3.51. The summed E-state index contributed by atoms with van der Waals surface area (Å²) in [6, 6.07) is 12.1. The van der Waals surface area contributed by atoms with E-state index in [1.165, 1.54) is 44.1 Å². The summed E-state index contributed by atoms with van der Waals surface area (Å²) in [5.41, 5.74) is 1.97. The van der Waals surface area contributed by atoms with E-state index in [4.69, 9.17) is 32.7 Å². The van der Waals surface area contributed by atoms with E-state index in [1.54, 1.807) is 7.11 Å². The molecule has 0 radical (unpaired) electrons. The zero-order valence-corrected chi connectivity index (χ0v) is 17.3. The first kappa shape index (κ1) is 20.3. The van der Waals surface area contributed by atoms with E-state index in [9.17, 15) is 0 Å². The number of nitrogens with one attached hydrogen (secondary N) is 1. The molecule has 0 atom stereocenters. The van der Waals surface area contributed by atoms with Gasteiger partial charge >= 0.3 is 0 Å². The number of rotatable bonds is 7. The van der Waals surface area contributed by atoms with Crippen molar-refractivity contribution in [3.8, 4) is 11.5 Å². The van der Waals surface area contributed by atoms with Crippen LogP contribution in [0.4, 0.5) is 0 Å². The second kappa shape index (κ2) is 10.2. The molecule has 1 aliphatic carbocycles. The van der Waals surface area contributed by atoms with E-state index < -0.39 is 0 Å². The molecule has 0 unspecified atom stereocenters. The molecule has 2 aromatic rings. The van der Waals surface area contributed by atoms with Crippen LogP contribution in [0.5, 0.6) is 11.5 Å². The zero-order chi connectivity index (χ0) is 19.1. The van der Waals surface area contributed by atoms with Crippen molar-refractivity contribution in [3.63, 3.8) is 0 Å². The molecule has 0 heterocycles. The minimum atomic E-state index is 0.300. The summed E-state index contributed by atoms with van der Waals surface area (Å²) in [6.45, 7) is 1.15. The molecule has 27 heavy (non-hydrogen) atoms. The molecule has 1 N–H and O–H groups in total. The average Bonchev–Trinajstić information content (AvgIpc) is 2.95. The third-order valence-electron chi connectivity index (χ3n) is 5.11. The predicted molar refractivity (Wildman–Crippen MR) is 112 cm³/mol. The smallest absolute Gasteiger partial charge is 0.161 e. The van der Waals surface area contributed by atoms with Gasteiger partial charge in [0.2, 0.25) is 0 Å². The maximum atomic E-state index is 6.22. The van der Waals surface area contributed by atoms with Crippen LogP contribution in [0, 0.1) is 0 Å². The number of hydrogen-bond donors (Lipinski definition) is 1. The summed E-state index contributed by atoms with van der Waals surface area (Å²) in [7, 11) is 1.66. The Hall–Kier alpha value is -1.42. The summed E-state index contributed by atoms with van der Waals surface area (Å²) >= 11 is 12.4. The van der Waals surface area contributed by atoms with Crippen LogP contribution in [0.1, 0.15) is 49.7 Å². The van der Waals surface area contributed by atoms with Crippen molar-refractivity contribution in [1.29, 1.82) is 0 Å². The molecule has 1 fully saturated rings. The van der Waals surface area contributed by atoms with E-state index in [2.05, 4.69) is 11.4 Å². The van der Waals surface area contributed by atoms with Gasteiger partial charge in [0, 0.05) is 28.2 Å². The number of ether oxygens (including phenoxy) is 2. The van der Waals surface area contributed by atoms with Crippen molar-refractivity contribution in [2.45, 2.75) is 57.7 Å². The number of hydrogen-bond acceptors (Lipinski definition) is 3. The highest BCUT2D eigenvalue weighted by atomic mass is 35.5. The minimum Gasteiger partial charge on any atom is -0.493 e. The Morgan fingerprint density at radius 1 is 0.963 bits per heavy atom. The van der Waals surface area contributed by atoms with Gasteiger partial charge < -0.3 is 14.8 Å². The summed E-state index contributed by atoms with van der Waals surface area (Å²) < 4.78 is 11.5. The van der Waals surface area contributed by atoms with E-state index in [1.807, 2.05) is 30.3 Å². The van der Waals surface area contributed by atoms with Gasteiger partial charge in [0.15, 0.2) is 11.5 Å². The highest BCUT2D eigenvalue weighted by Crippen LogP contribution is 2.31. The molecule has 2 aromatic carbocycles. The second-order valence-corrected chi connectivity index (χ2v) is 7.86. The second-order valence-electron chi connectivity index (χ2n) is 7.04. The van der Waals surface area contributed by atoms with Crippen LogP contribution in [0.25, 0.3) is 0 Å². The molecule has 1 saturated carbocycles. The van der Waals surface area contributed by atoms with E-state index in [0.717, 1.165) is 17.9 Å². The lowest BCUT2D eigenvalue weighted by Crippen LogP contribution is -2.27. The Morgan fingerprint density at radius 3 is 2.33 bits per heavy atom. The standard InChI is InChI=1S/C22H27Cl2NO2/c1-26-22-13-16(14-25-17-7-4-2-3-5-8-17)11-12-21(22)27-15-18-19(23)9-6-10-20(18)24/h6,9-13,17,25H,2-5,7-8,14-15H2,1H3. The number of methoxy groups -OCH3 is 1. The van der Waals surface area contributed by atoms with Gasteiger partial charge in [-0.25, -0.2) is 0 Å². The molecule has 0 aliphatic heterocycles. The van der Waals surface area contributed by atoms with Crippen LogP contribution in [0.15, 0.2) is 36.4 Å². The van der Waals surface area contributed by atoms with Crippen LogP contribution in [0.2, 0.25) is 10.0 Å². The zero-order valence-electron chi connectivity index (χ0n) is 15.8. The molecular weight excluding hydrogens is 381 g/mol.